The van der Waals surface area contributed by atoms with Crippen LogP contribution in [0.3, 0.4) is 0 Å². The van der Waals surface area contributed by atoms with Crippen LogP contribution in [-0.4, -0.2) is 16.8 Å². The van der Waals surface area contributed by atoms with Crippen LogP contribution < -0.4 is 5.32 Å². The summed E-state index contributed by atoms with van der Waals surface area (Å²) in [5.41, 5.74) is 1.27. The molecule has 1 N–H and O–H groups in total. The number of hydrogen-bond donors (Lipinski definition) is 1. The van der Waals surface area contributed by atoms with E-state index in [1.165, 1.54) is 6.07 Å². The minimum absolute atomic E-state index is 0.166. The van der Waals surface area contributed by atoms with Crippen molar-refractivity contribution in [3.05, 3.63) is 51.8 Å². The van der Waals surface area contributed by atoms with Crippen LogP contribution in [0.15, 0.2) is 28.9 Å². The van der Waals surface area contributed by atoms with Crippen molar-refractivity contribution < 1.29 is 8.78 Å². The molecule has 0 spiro atoms. The van der Waals surface area contributed by atoms with E-state index in [9.17, 15) is 8.78 Å². The first-order valence-electron chi connectivity index (χ1n) is 6.78. The molecule has 0 fully saturated rings. The monoisotopic (exact) mass is 357 g/mol. The maximum atomic E-state index is 13.9. The van der Waals surface area contributed by atoms with E-state index in [0.29, 0.717) is 12.0 Å². The van der Waals surface area contributed by atoms with E-state index in [2.05, 4.69) is 26.3 Å². The summed E-state index contributed by atoms with van der Waals surface area (Å²) in [4.78, 5) is 0. The van der Waals surface area contributed by atoms with Crippen LogP contribution in [-0.2, 0) is 6.42 Å². The van der Waals surface area contributed by atoms with Gasteiger partial charge in [0.2, 0.25) is 0 Å². The molecular weight excluding hydrogens is 340 g/mol. The first kappa shape index (κ1) is 16.1. The molecule has 1 unspecified atom stereocenters. The molecule has 3 nitrogen and oxygen atoms in total. The highest BCUT2D eigenvalue weighted by Crippen LogP contribution is 2.29. The SMILES string of the molecule is CNC(Cc1cccc(F)c1F)c1c(Br)cnn1C(C)C. The van der Waals surface area contributed by atoms with Gasteiger partial charge in [0.05, 0.1) is 22.4 Å². The van der Waals surface area contributed by atoms with Crippen molar-refractivity contribution in [1.29, 1.82) is 0 Å². The van der Waals surface area contributed by atoms with Crippen molar-refractivity contribution in [2.24, 2.45) is 0 Å². The van der Waals surface area contributed by atoms with Crippen molar-refractivity contribution in [2.45, 2.75) is 32.4 Å². The Kier molecular flexibility index (Phi) is 5.11. The molecule has 1 atom stereocenters. The molecule has 0 radical (unpaired) electrons. The molecule has 0 saturated carbocycles. The Hall–Kier alpha value is -1.27. The van der Waals surface area contributed by atoms with E-state index < -0.39 is 11.6 Å². The first-order chi connectivity index (χ1) is 9.95. The standard InChI is InChI=1S/C15H18BrF2N3/c1-9(2)21-15(11(16)8-20-21)13(19-3)7-10-5-4-6-12(17)14(10)18/h4-6,8-9,13,19H,7H2,1-3H3. The third-order valence-corrected chi connectivity index (χ3v) is 4.02. The zero-order valence-corrected chi connectivity index (χ0v) is 13.8. The lowest BCUT2D eigenvalue weighted by atomic mass is 10.0. The van der Waals surface area contributed by atoms with E-state index in [4.69, 9.17) is 0 Å². The van der Waals surface area contributed by atoms with Crippen molar-refractivity contribution in [1.82, 2.24) is 15.1 Å². The predicted octanol–water partition coefficient (Wildman–Crippen LogP) is 4.01. The van der Waals surface area contributed by atoms with Crippen molar-refractivity contribution in [3.8, 4) is 0 Å². The Morgan fingerprint density at radius 3 is 2.67 bits per heavy atom. The lowest BCUT2D eigenvalue weighted by Gasteiger charge is -2.21. The average molecular weight is 358 g/mol. The van der Waals surface area contributed by atoms with Gasteiger partial charge in [0.25, 0.3) is 0 Å². The fourth-order valence-corrected chi connectivity index (χ4v) is 2.90. The largest absolute Gasteiger partial charge is 0.311 e. The Bertz CT molecular complexity index is 625. The maximum absolute atomic E-state index is 13.9. The molecule has 114 valence electrons. The molecule has 21 heavy (non-hydrogen) atoms. The van der Waals surface area contributed by atoms with Crippen LogP contribution in [0, 0.1) is 11.6 Å². The molecule has 1 heterocycles. The number of nitrogens with zero attached hydrogens (tertiary/aromatic N) is 2. The zero-order valence-electron chi connectivity index (χ0n) is 12.2. The first-order valence-corrected chi connectivity index (χ1v) is 7.58. The highest BCUT2D eigenvalue weighted by atomic mass is 79.9. The van der Waals surface area contributed by atoms with Gasteiger partial charge in [0.1, 0.15) is 0 Å². The lowest BCUT2D eigenvalue weighted by molar-refractivity contribution is 0.447. The highest BCUT2D eigenvalue weighted by molar-refractivity contribution is 9.10. The summed E-state index contributed by atoms with van der Waals surface area (Å²) in [6.07, 6.45) is 2.07. The fourth-order valence-electron chi connectivity index (χ4n) is 2.35. The van der Waals surface area contributed by atoms with Gasteiger partial charge >= 0.3 is 0 Å². The molecule has 0 aliphatic rings. The Labute approximate surface area is 131 Å². The van der Waals surface area contributed by atoms with Crippen molar-refractivity contribution in [2.75, 3.05) is 7.05 Å². The van der Waals surface area contributed by atoms with Crippen LogP contribution in [0.25, 0.3) is 0 Å². The van der Waals surface area contributed by atoms with Gasteiger partial charge in [-0.15, -0.1) is 0 Å². The molecule has 2 aromatic rings. The molecule has 6 heteroatoms. The number of hydrogen-bond acceptors (Lipinski definition) is 2. The number of halogens is 3. The highest BCUT2D eigenvalue weighted by Gasteiger charge is 2.22. The molecule has 0 saturated heterocycles. The Morgan fingerprint density at radius 2 is 2.05 bits per heavy atom. The summed E-state index contributed by atoms with van der Waals surface area (Å²) in [5, 5.41) is 7.48. The number of nitrogens with one attached hydrogen (secondary N) is 1. The molecule has 1 aromatic carbocycles. The number of benzene rings is 1. The zero-order chi connectivity index (χ0) is 15.6. The van der Waals surface area contributed by atoms with Crippen LogP contribution in [0.1, 0.15) is 37.2 Å². The molecule has 1 aromatic heterocycles. The maximum Gasteiger partial charge on any atom is 0.162 e. The van der Waals surface area contributed by atoms with Gasteiger partial charge in [-0.25, -0.2) is 8.78 Å². The normalized spacial score (nSPS) is 12.9. The summed E-state index contributed by atoms with van der Waals surface area (Å²) in [5.74, 6) is -1.61. The van der Waals surface area contributed by atoms with Gasteiger partial charge in [0, 0.05) is 6.04 Å². The Balaban J connectivity index is 2.37. The molecule has 0 aliphatic heterocycles. The topological polar surface area (TPSA) is 29.9 Å². The van der Waals surface area contributed by atoms with E-state index in [1.54, 1.807) is 19.3 Å². The second kappa shape index (κ2) is 6.66. The quantitative estimate of drug-likeness (QED) is 0.875. The summed E-state index contributed by atoms with van der Waals surface area (Å²) in [6, 6.07) is 4.27. The lowest BCUT2D eigenvalue weighted by Crippen LogP contribution is -2.24. The number of rotatable bonds is 5. The van der Waals surface area contributed by atoms with Crippen molar-refractivity contribution in [3.63, 3.8) is 0 Å². The summed E-state index contributed by atoms with van der Waals surface area (Å²) in [7, 11) is 1.80. The molecule has 0 aliphatic carbocycles. The summed E-state index contributed by atoms with van der Waals surface area (Å²) < 4.78 is 29.9. The van der Waals surface area contributed by atoms with Gasteiger partial charge in [-0.2, -0.15) is 5.10 Å². The van der Waals surface area contributed by atoms with Crippen LogP contribution in [0.5, 0.6) is 0 Å². The molecule has 2 rings (SSSR count). The molecule has 0 amide bonds. The van der Waals surface area contributed by atoms with Crippen LogP contribution >= 0.6 is 15.9 Å². The second-order valence-electron chi connectivity index (χ2n) is 5.17. The summed E-state index contributed by atoms with van der Waals surface area (Å²) >= 11 is 3.48. The van der Waals surface area contributed by atoms with E-state index in [-0.39, 0.29) is 12.1 Å². The number of likely N-dealkylation sites (N-methyl/N-ethyl adjacent to an activating group) is 1. The van der Waals surface area contributed by atoms with E-state index in [0.717, 1.165) is 16.2 Å². The van der Waals surface area contributed by atoms with E-state index >= 15 is 0 Å². The van der Waals surface area contributed by atoms with Crippen molar-refractivity contribution >= 4 is 15.9 Å². The van der Waals surface area contributed by atoms with Crippen LogP contribution in [0.4, 0.5) is 8.78 Å². The van der Waals surface area contributed by atoms with Crippen LogP contribution in [0.2, 0.25) is 0 Å². The average Bonchev–Trinajstić information content (AvgIpc) is 2.82. The summed E-state index contributed by atoms with van der Waals surface area (Å²) in [6.45, 7) is 4.05. The smallest absolute Gasteiger partial charge is 0.162 e. The van der Waals surface area contributed by atoms with Gasteiger partial charge < -0.3 is 5.32 Å². The third kappa shape index (κ3) is 3.32. The third-order valence-electron chi connectivity index (χ3n) is 3.41. The second-order valence-corrected chi connectivity index (χ2v) is 6.03. The van der Waals surface area contributed by atoms with Gasteiger partial charge in [-0.05, 0) is 54.9 Å². The van der Waals surface area contributed by atoms with Gasteiger partial charge in [-0.1, -0.05) is 12.1 Å². The molecule has 0 bridgehead atoms. The van der Waals surface area contributed by atoms with Gasteiger partial charge in [-0.3, -0.25) is 4.68 Å². The van der Waals surface area contributed by atoms with E-state index in [1.807, 2.05) is 18.5 Å². The fraction of sp³-hybridized carbons (Fsp3) is 0.400. The minimum Gasteiger partial charge on any atom is -0.311 e. The molecular formula is C15H18BrF2N3. The van der Waals surface area contributed by atoms with Gasteiger partial charge in [0.15, 0.2) is 11.6 Å². The minimum atomic E-state index is -0.821. The predicted molar refractivity (Wildman–Crippen MR) is 82.2 cm³/mol. The Morgan fingerprint density at radius 1 is 1.33 bits per heavy atom. The number of aromatic nitrogens is 2.